The minimum atomic E-state index is 1.03. The van der Waals surface area contributed by atoms with Crippen LogP contribution >= 0.6 is 0 Å². The van der Waals surface area contributed by atoms with E-state index in [-0.39, 0.29) is 0 Å². The highest BCUT2D eigenvalue weighted by atomic mass is 14.0. The molecule has 0 N–H and O–H groups in total. The van der Waals surface area contributed by atoms with Gasteiger partial charge in [0.05, 0.1) is 0 Å². The standard InChI is InChI=1S/C23H22/c1-3-9-21-16-18-23(19-17-21)11-8-6-5-7-10-22-14-12-20(4-2)13-15-22/h5-6,12-19H,3-4,9H2,1-2H3. The first-order valence-corrected chi connectivity index (χ1v) is 8.17. The number of hydrogen-bond donors (Lipinski definition) is 0. The summed E-state index contributed by atoms with van der Waals surface area (Å²) in [5.41, 5.74) is 4.78. The summed E-state index contributed by atoms with van der Waals surface area (Å²) >= 11 is 0. The number of allylic oxidation sites excluding steroid dienone is 2. The molecule has 0 heterocycles. The van der Waals surface area contributed by atoms with Gasteiger partial charge in [0.2, 0.25) is 0 Å². The first kappa shape index (κ1) is 16.7. The van der Waals surface area contributed by atoms with Crippen LogP contribution in [0.2, 0.25) is 0 Å². The number of rotatable bonds is 3. The minimum Gasteiger partial charge on any atom is -0.0689 e. The second-order valence-electron chi connectivity index (χ2n) is 5.37. The summed E-state index contributed by atoms with van der Waals surface area (Å²) in [4.78, 5) is 0. The normalized spacial score (nSPS) is 9.83. The maximum Gasteiger partial charge on any atom is 0.0249 e. The highest BCUT2D eigenvalue weighted by Gasteiger charge is 1.90. The van der Waals surface area contributed by atoms with Crippen LogP contribution in [0.3, 0.4) is 0 Å². The molecule has 0 radical (unpaired) electrons. The van der Waals surface area contributed by atoms with Crippen LogP contribution in [0.25, 0.3) is 0 Å². The zero-order chi connectivity index (χ0) is 16.3. The molecule has 0 aromatic heterocycles. The van der Waals surface area contributed by atoms with E-state index in [4.69, 9.17) is 0 Å². The summed E-state index contributed by atoms with van der Waals surface area (Å²) in [6, 6.07) is 16.8. The van der Waals surface area contributed by atoms with Gasteiger partial charge in [-0.2, -0.15) is 0 Å². The van der Waals surface area contributed by atoms with Gasteiger partial charge in [-0.1, -0.05) is 68.2 Å². The minimum absolute atomic E-state index is 1.03. The van der Waals surface area contributed by atoms with Gasteiger partial charge in [0.15, 0.2) is 0 Å². The second kappa shape index (κ2) is 9.34. The van der Waals surface area contributed by atoms with Crippen LogP contribution in [0.15, 0.2) is 60.7 Å². The molecule has 0 unspecified atom stereocenters. The van der Waals surface area contributed by atoms with Crippen molar-refractivity contribution in [2.75, 3.05) is 0 Å². The van der Waals surface area contributed by atoms with Crippen LogP contribution in [-0.2, 0) is 12.8 Å². The van der Waals surface area contributed by atoms with E-state index in [0.717, 1.165) is 24.0 Å². The first-order valence-electron chi connectivity index (χ1n) is 8.17. The lowest BCUT2D eigenvalue weighted by Crippen LogP contribution is -1.82. The molecule has 2 rings (SSSR count). The van der Waals surface area contributed by atoms with E-state index in [2.05, 4.69) is 86.1 Å². The lowest BCUT2D eigenvalue weighted by atomic mass is 10.1. The molecule has 0 saturated carbocycles. The molecule has 0 saturated heterocycles. The van der Waals surface area contributed by atoms with Crippen molar-refractivity contribution >= 4 is 0 Å². The van der Waals surface area contributed by atoms with Gasteiger partial charge >= 0.3 is 0 Å². The zero-order valence-corrected chi connectivity index (χ0v) is 13.9. The predicted octanol–water partition coefficient (Wildman–Crippen LogP) is 5.16. The van der Waals surface area contributed by atoms with E-state index in [0.29, 0.717) is 0 Å². The fourth-order valence-electron chi connectivity index (χ4n) is 2.20. The summed E-state index contributed by atoms with van der Waals surface area (Å²) in [6.07, 6.45) is 6.96. The Morgan fingerprint density at radius 2 is 1.17 bits per heavy atom. The maximum absolute atomic E-state index is 3.12. The summed E-state index contributed by atoms with van der Waals surface area (Å²) in [5, 5.41) is 0. The van der Waals surface area contributed by atoms with E-state index in [1.165, 1.54) is 17.5 Å². The van der Waals surface area contributed by atoms with Gasteiger partial charge in [0.1, 0.15) is 0 Å². The Balaban J connectivity index is 1.91. The molecular formula is C23H22. The summed E-state index contributed by atoms with van der Waals surface area (Å²) in [7, 11) is 0. The Morgan fingerprint density at radius 1 is 0.696 bits per heavy atom. The van der Waals surface area contributed by atoms with Gasteiger partial charge in [-0.05, 0) is 60.4 Å². The molecule has 0 bridgehead atoms. The van der Waals surface area contributed by atoms with Crippen molar-refractivity contribution in [1.82, 2.24) is 0 Å². The quantitative estimate of drug-likeness (QED) is 0.687. The SMILES string of the molecule is CCCc1ccc(C#CC=CC#Cc2ccc(CC)cc2)cc1. The largest absolute Gasteiger partial charge is 0.0689 e. The number of benzene rings is 2. The van der Waals surface area contributed by atoms with Crippen molar-refractivity contribution in [2.24, 2.45) is 0 Å². The average molecular weight is 298 g/mol. The molecule has 0 amide bonds. The Kier molecular flexibility index (Phi) is 6.77. The fraction of sp³-hybridized carbons (Fsp3) is 0.217. The molecule has 0 nitrogen and oxygen atoms in total. The van der Waals surface area contributed by atoms with Crippen LogP contribution in [0.1, 0.15) is 42.5 Å². The molecule has 0 spiro atoms. The van der Waals surface area contributed by atoms with Gasteiger partial charge in [-0.3, -0.25) is 0 Å². The van der Waals surface area contributed by atoms with Gasteiger partial charge in [0.25, 0.3) is 0 Å². The van der Waals surface area contributed by atoms with Gasteiger partial charge in [0, 0.05) is 11.1 Å². The number of hydrogen-bond acceptors (Lipinski definition) is 0. The van der Waals surface area contributed by atoms with Crippen LogP contribution in [-0.4, -0.2) is 0 Å². The fourth-order valence-corrected chi connectivity index (χ4v) is 2.20. The summed E-state index contributed by atoms with van der Waals surface area (Å²) in [6.45, 7) is 4.34. The van der Waals surface area contributed by atoms with Crippen molar-refractivity contribution in [3.05, 3.63) is 82.9 Å². The third-order valence-electron chi connectivity index (χ3n) is 3.54. The van der Waals surface area contributed by atoms with E-state index in [9.17, 15) is 0 Å². The average Bonchev–Trinajstić information content (AvgIpc) is 2.60. The van der Waals surface area contributed by atoms with Gasteiger partial charge in [-0.25, -0.2) is 0 Å². The Bertz CT molecular complexity index is 751. The first-order chi connectivity index (χ1) is 11.3. The Labute approximate surface area is 140 Å². The molecule has 0 fully saturated rings. The van der Waals surface area contributed by atoms with Crippen LogP contribution in [0, 0.1) is 23.7 Å². The lowest BCUT2D eigenvalue weighted by Gasteiger charge is -1.97. The van der Waals surface area contributed by atoms with E-state index in [1.807, 2.05) is 0 Å². The lowest BCUT2D eigenvalue weighted by molar-refractivity contribution is 0.922. The molecule has 114 valence electrons. The smallest absolute Gasteiger partial charge is 0.0249 e. The van der Waals surface area contributed by atoms with Crippen LogP contribution in [0.5, 0.6) is 0 Å². The second-order valence-corrected chi connectivity index (χ2v) is 5.37. The van der Waals surface area contributed by atoms with E-state index < -0.39 is 0 Å². The van der Waals surface area contributed by atoms with Crippen LogP contribution < -0.4 is 0 Å². The van der Waals surface area contributed by atoms with Crippen molar-refractivity contribution < 1.29 is 0 Å². The highest BCUT2D eigenvalue weighted by molar-refractivity contribution is 5.41. The van der Waals surface area contributed by atoms with Gasteiger partial charge in [-0.15, -0.1) is 0 Å². The topological polar surface area (TPSA) is 0 Å². The molecule has 0 aliphatic carbocycles. The monoisotopic (exact) mass is 298 g/mol. The molecule has 0 aliphatic rings. The Morgan fingerprint density at radius 3 is 1.61 bits per heavy atom. The van der Waals surface area contributed by atoms with E-state index >= 15 is 0 Å². The number of aryl methyl sites for hydroxylation is 2. The summed E-state index contributed by atoms with van der Waals surface area (Å²) < 4.78 is 0. The zero-order valence-electron chi connectivity index (χ0n) is 13.9. The summed E-state index contributed by atoms with van der Waals surface area (Å²) in [5.74, 6) is 12.3. The highest BCUT2D eigenvalue weighted by Crippen LogP contribution is 2.05. The van der Waals surface area contributed by atoms with Crippen LogP contribution in [0.4, 0.5) is 0 Å². The van der Waals surface area contributed by atoms with Crippen molar-refractivity contribution in [3.63, 3.8) is 0 Å². The molecule has 0 aliphatic heterocycles. The van der Waals surface area contributed by atoms with Crippen molar-refractivity contribution in [2.45, 2.75) is 33.1 Å². The molecule has 2 aromatic carbocycles. The van der Waals surface area contributed by atoms with Crippen molar-refractivity contribution in [1.29, 1.82) is 0 Å². The Hall–Kier alpha value is -2.70. The molecule has 0 atom stereocenters. The van der Waals surface area contributed by atoms with Crippen molar-refractivity contribution in [3.8, 4) is 23.7 Å². The molecule has 23 heavy (non-hydrogen) atoms. The molecule has 2 aromatic rings. The predicted molar refractivity (Wildman–Crippen MR) is 99.2 cm³/mol. The third-order valence-corrected chi connectivity index (χ3v) is 3.54. The van der Waals surface area contributed by atoms with Gasteiger partial charge < -0.3 is 0 Å². The third kappa shape index (κ3) is 5.90. The van der Waals surface area contributed by atoms with E-state index in [1.54, 1.807) is 12.2 Å². The maximum atomic E-state index is 3.12. The molecule has 0 heteroatoms. The molecular weight excluding hydrogens is 276 g/mol.